The Bertz CT molecular complexity index is 214. The highest BCUT2D eigenvalue weighted by atomic mass is 31.0. The summed E-state index contributed by atoms with van der Waals surface area (Å²) in [6.07, 6.45) is 32.1. The second-order valence-electron chi connectivity index (χ2n) is 8.70. The van der Waals surface area contributed by atoms with E-state index in [1.165, 1.54) is 141 Å². The molecule has 0 aliphatic rings. The van der Waals surface area contributed by atoms with E-state index in [4.69, 9.17) is 0 Å². The zero-order valence-electron chi connectivity index (χ0n) is 18.7. The second-order valence-corrected chi connectivity index (χ2v) is 9.64. The summed E-state index contributed by atoms with van der Waals surface area (Å²) in [6, 6.07) is 0. The van der Waals surface area contributed by atoms with Gasteiger partial charge in [-0.3, -0.25) is 0 Å². The van der Waals surface area contributed by atoms with Gasteiger partial charge in [0.05, 0.1) is 0 Å². The van der Waals surface area contributed by atoms with Crippen molar-refractivity contribution in [3.63, 3.8) is 0 Å². The lowest BCUT2D eigenvalue weighted by Gasteiger charge is -2.11. The predicted molar refractivity (Wildman–Crippen MR) is 126 cm³/mol. The molecule has 0 nitrogen and oxygen atoms in total. The van der Waals surface area contributed by atoms with Crippen LogP contribution in [0.15, 0.2) is 0 Å². The van der Waals surface area contributed by atoms with Crippen molar-refractivity contribution in [3.05, 3.63) is 0 Å². The van der Waals surface area contributed by atoms with Gasteiger partial charge in [-0.05, 0) is 18.5 Å². The Morgan fingerprint density at radius 2 is 0.615 bits per heavy atom. The van der Waals surface area contributed by atoms with Gasteiger partial charge in [0.15, 0.2) is 0 Å². The molecule has 26 heavy (non-hydrogen) atoms. The normalized spacial score (nSPS) is 11.5. The van der Waals surface area contributed by atoms with Crippen LogP contribution in [-0.2, 0) is 0 Å². The predicted octanol–water partition coefficient (Wildman–Crippen LogP) is 9.85. The largest absolute Gasteiger partial charge is 0.134 e. The molecule has 0 amide bonds. The van der Waals surface area contributed by atoms with Crippen LogP contribution in [0.2, 0.25) is 0 Å². The molecule has 0 saturated carbocycles. The fourth-order valence-corrected chi connectivity index (χ4v) is 4.40. The van der Waals surface area contributed by atoms with E-state index in [0.717, 1.165) is 5.66 Å². The number of unbranched alkanes of at least 4 members (excludes halogenated alkanes) is 18. The van der Waals surface area contributed by atoms with E-state index in [9.17, 15) is 0 Å². The molecule has 0 aromatic rings. The maximum atomic E-state index is 3.12. The highest BCUT2D eigenvalue weighted by Crippen LogP contribution is 2.20. The Balaban J connectivity index is 3.12. The Morgan fingerprint density at radius 3 is 0.885 bits per heavy atom. The topological polar surface area (TPSA) is 0 Å². The van der Waals surface area contributed by atoms with Crippen LogP contribution >= 0.6 is 9.24 Å². The van der Waals surface area contributed by atoms with Gasteiger partial charge in [-0.25, -0.2) is 0 Å². The molecule has 0 aliphatic carbocycles. The van der Waals surface area contributed by atoms with Gasteiger partial charge in [0.2, 0.25) is 0 Å². The van der Waals surface area contributed by atoms with E-state index in [2.05, 4.69) is 23.1 Å². The van der Waals surface area contributed by atoms with Gasteiger partial charge in [-0.2, -0.15) is 0 Å². The minimum absolute atomic E-state index is 0.887. The van der Waals surface area contributed by atoms with Crippen molar-refractivity contribution in [2.45, 2.75) is 161 Å². The van der Waals surface area contributed by atoms with Crippen molar-refractivity contribution in [1.82, 2.24) is 0 Å². The molecule has 1 atom stereocenters. The van der Waals surface area contributed by atoms with Gasteiger partial charge in [0.25, 0.3) is 0 Å². The zero-order chi connectivity index (χ0) is 19.1. The van der Waals surface area contributed by atoms with Crippen LogP contribution in [-0.4, -0.2) is 5.66 Å². The van der Waals surface area contributed by atoms with E-state index in [1.54, 1.807) is 0 Å². The first-order valence-corrected chi connectivity index (χ1v) is 13.2. The molecule has 0 bridgehead atoms. The first-order valence-electron chi connectivity index (χ1n) is 12.6. The maximum absolute atomic E-state index is 3.12. The Hall–Kier alpha value is 0.430. The van der Waals surface area contributed by atoms with Gasteiger partial charge >= 0.3 is 0 Å². The summed E-state index contributed by atoms with van der Waals surface area (Å²) in [4.78, 5) is 0. The lowest BCUT2D eigenvalue weighted by molar-refractivity contribution is 0.524. The molecule has 158 valence electrons. The summed E-state index contributed by atoms with van der Waals surface area (Å²) < 4.78 is 0. The third-order valence-electron chi connectivity index (χ3n) is 5.86. The molecule has 0 aromatic carbocycles. The molecule has 1 heteroatoms. The van der Waals surface area contributed by atoms with Gasteiger partial charge in [-0.1, -0.05) is 142 Å². The lowest BCUT2D eigenvalue weighted by atomic mass is 10.0. The fraction of sp³-hybridized carbons (Fsp3) is 1.00. The molecule has 0 N–H and O–H groups in total. The lowest BCUT2D eigenvalue weighted by Crippen LogP contribution is -1.97. The van der Waals surface area contributed by atoms with Crippen molar-refractivity contribution in [3.8, 4) is 0 Å². The second kappa shape index (κ2) is 23.5. The van der Waals surface area contributed by atoms with E-state index in [0.29, 0.717) is 0 Å². The molecule has 0 aliphatic heterocycles. The van der Waals surface area contributed by atoms with Crippen molar-refractivity contribution in [2.24, 2.45) is 0 Å². The fourth-order valence-electron chi connectivity index (χ4n) is 3.93. The number of rotatable bonds is 22. The molecular formula is C25H53P. The van der Waals surface area contributed by atoms with E-state index in [-0.39, 0.29) is 0 Å². The van der Waals surface area contributed by atoms with E-state index in [1.807, 2.05) is 0 Å². The average molecular weight is 385 g/mol. The Morgan fingerprint density at radius 1 is 0.385 bits per heavy atom. The average Bonchev–Trinajstić information content (AvgIpc) is 2.64. The third kappa shape index (κ3) is 22.5. The molecule has 1 unspecified atom stereocenters. The maximum Gasteiger partial charge on any atom is -0.0264 e. The quantitative estimate of drug-likeness (QED) is 0.129. The van der Waals surface area contributed by atoms with Crippen molar-refractivity contribution >= 4 is 9.24 Å². The van der Waals surface area contributed by atoms with Crippen LogP contribution in [0.5, 0.6) is 0 Å². The first kappa shape index (κ1) is 26.4. The summed E-state index contributed by atoms with van der Waals surface area (Å²) >= 11 is 0. The SMILES string of the molecule is CCCCCCCCCCCCC(P)CCCCCCCCCCCC. The van der Waals surface area contributed by atoms with Crippen molar-refractivity contribution in [2.75, 3.05) is 0 Å². The number of hydrogen-bond donors (Lipinski definition) is 0. The highest BCUT2D eigenvalue weighted by molar-refractivity contribution is 7.17. The summed E-state index contributed by atoms with van der Waals surface area (Å²) in [6.45, 7) is 4.60. The summed E-state index contributed by atoms with van der Waals surface area (Å²) in [5.74, 6) is 0. The first-order chi connectivity index (χ1) is 12.8. The van der Waals surface area contributed by atoms with Crippen LogP contribution in [0, 0.1) is 0 Å². The van der Waals surface area contributed by atoms with Gasteiger partial charge < -0.3 is 0 Å². The molecular weight excluding hydrogens is 331 g/mol. The van der Waals surface area contributed by atoms with E-state index < -0.39 is 0 Å². The highest BCUT2D eigenvalue weighted by Gasteiger charge is 2.02. The van der Waals surface area contributed by atoms with E-state index >= 15 is 0 Å². The molecule has 0 fully saturated rings. The summed E-state index contributed by atoms with van der Waals surface area (Å²) in [7, 11) is 3.12. The monoisotopic (exact) mass is 384 g/mol. The van der Waals surface area contributed by atoms with Crippen molar-refractivity contribution < 1.29 is 0 Å². The summed E-state index contributed by atoms with van der Waals surface area (Å²) in [5, 5.41) is 0. The Kier molecular flexibility index (Phi) is 23.9. The van der Waals surface area contributed by atoms with Crippen LogP contribution in [0.25, 0.3) is 0 Å². The number of hydrogen-bond acceptors (Lipinski definition) is 0. The molecule has 0 spiro atoms. The minimum Gasteiger partial charge on any atom is -0.134 e. The molecule has 0 saturated heterocycles. The van der Waals surface area contributed by atoms with Crippen molar-refractivity contribution in [1.29, 1.82) is 0 Å². The van der Waals surface area contributed by atoms with Crippen LogP contribution in [0.1, 0.15) is 155 Å². The standard InChI is InChI=1S/C25H53P/c1-3-5-7-9-11-13-15-17-19-21-23-25(26)24-22-20-18-16-14-12-10-8-6-4-2/h25H,3-24,26H2,1-2H3. The molecule has 0 aromatic heterocycles. The zero-order valence-corrected chi connectivity index (χ0v) is 19.9. The molecule has 0 rings (SSSR count). The summed E-state index contributed by atoms with van der Waals surface area (Å²) in [5.41, 5.74) is 0.887. The van der Waals surface area contributed by atoms with Crippen LogP contribution < -0.4 is 0 Å². The van der Waals surface area contributed by atoms with Gasteiger partial charge in [0, 0.05) is 0 Å². The minimum atomic E-state index is 0.887. The van der Waals surface area contributed by atoms with Gasteiger partial charge in [-0.15, -0.1) is 9.24 Å². The molecule has 0 radical (unpaired) electrons. The molecule has 0 heterocycles. The smallest absolute Gasteiger partial charge is 0.0264 e. The van der Waals surface area contributed by atoms with Crippen LogP contribution in [0.4, 0.5) is 0 Å². The van der Waals surface area contributed by atoms with Crippen LogP contribution in [0.3, 0.4) is 0 Å². The third-order valence-corrected chi connectivity index (χ3v) is 6.52. The van der Waals surface area contributed by atoms with Gasteiger partial charge in [0.1, 0.15) is 0 Å². The Labute approximate surface area is 170 Å².